The van der Waals surface area contributed by atoms with E-state index in [2.05, 4.69) is 148 Å². The average Bonchev–Trinajstić information content (AvgIpc) is 3.40. The predicted octanol–water partition coefficient (Wildman–Crippen LogP) is 19.3. The number of carbonyl (C=O) groups excluding carboxylic acids is 2. The summed E-state index contributed by atoms with van der Waals surface area (Å²) in [5.74, 6) is -0.581. The highest BCUT2D eigenvalue weighted by Crippen LogP contribution is 2.43. The van der Waals surface area contributed by atoms with Crippen molar-refractivity contribution in [3.63, 3.8) is 0 Å². The number of hydrogen-bond donors (Lipinski definition) is 2. The molecule has 78 heavy (non-hydrogen) atoms. The molecule has 0 aliphatic carbocycles. The Hall–Kier alpha value is -3.85. The fraction of sp³-hybridized carbons (Fsp3) is 0.647. The molecule has 9 nitrogen and oxygen atoms in total. The number of nitrogens with zero attached hydrogens (tertiary/aromatic N) is 1. The smallest absolute Gasteiger partial charge is 0.456 e. The number of allylic oxidation sites excluding steroid dienone is 21. The first-order chi connectivity index (χ1) is 37.9. The lowest BCUT2D eigenvalue weighted by Crippen LogP contribution is -2.47. The number of nitrogens with one attached hydrogen (secondary N) is 1. The van der Waals surface area contributed by atoms with Crippen LogP contribution in [0.1, 0.15) is 233 Å². The van der Waals surface area contributed by atoms with Crippen LogP contribution in [-0.2, 0) is 27.9 Å². The maximum Gasteiger partial charge on any atom is 0.472 e. The van der Waals surface area contributed by atoms with Crippen LogP contribution in [-0.4, -0.2) is 74.3 Å². The summed E-state index contributed by atoms with van der Waals surface area (Å²) in [6.07, 6.45) is 80.2. The maximum atomic E-state index is 13.5. The van der Waals surface area contributed by atoms with Gasteiger partial charge in [0.05, 0.1) is 33.8 Å². The minimum Gasteiger partial charge on any atom is -0.456 e. The molecule has 0 saturated heterocycles. The number of rotatable bonds is 54. The fourth-order valence-corrected chi connectivity index (χ4v) is 8.85. The Kier molecular flexibility index (Phi) is 53.6. The zero-order valence-corrected chi connectivity index (χ0v) is 51.5. The molecule has 10 heteroatoms. The van der Waals surface area contributed by atoms with Gasteiger partial charge in [-0.15, -0.1) is 0 Å². The molecule has 0 spiro atoms. The number of quaternary nitrogens is 1. The van der Waals surface area contributed by atoms with Gasteiger partial charge in [0, 0.05) is 12.8 Å². The Morgan fingerprint density at radius 2 is 0.821 bits per heavy atom. The average molecular weight is 1100 g/mol. The Morgan fingerprint density at radius 3 is 1.24 bits per heavy atom. The molecule has 0 aromatic heterocycles. The van der Waals surface area contributed by atoms with Crippen molar-refractivity contribution in [3.8, 4) is 0 Å². The number of likely N-dealkylation sites (N-methyl/N-ethyl adjacent to an activating group) is 1. The topological polar surface area (TPSA) is 111 Å². The molecule has 0 heterocycles. The first-order valence-corrected chi connectivity index (χ1v) is 32.5. The molecule has 3 unspecified atom stereocenters. The summed E-state index contributed by atoms with van der Waals surface area (Å²) in [5.41, 5.74) is 0. The van der Waals surface area contributed by atoms with Crippen LogP contribution in [0.25, 0.3) is 0 Å². The first kappa shape index (κ1) is 74.2. The van der Waals surface area contributed by atoms with Crippen molar-refractivity contribution in [3.05, 3.63) is 134 Å². The molecule has 0 rings (SSSR count). The molecule has 0 aromatic carbocycles. The third-order valence-electron chi connectivity index (χ3n) is 12.8. The molecule has 0 aromatic rings. The quantitative estimate of drug-likeness (QED) is 0.0205. The Morgan fingerprint density at radius 1 is 0.462 bits per heavy atom. The zero-order valence-electron chi connectivity index (χ0n) is 50.6. The summed E-state index contributed by atoms with van der Waals surface area (Å²) in [6, 6.07) is -0.886. The standard InChI is InChI=1S/C68H115N2O7P/c1-7-10-13-16-19-22-25-28-30-32-33-34-35-36-37-38-40-43-46-49-52-55-58-61-68(72)77-66(59-56-53-50-47-44-41-27-24-21-18-15-12-9-3)65(64-76-78(73,74)75-63-62-70(4,5)6)69-67(71)60-57-54-51-48-45-42-39-31-29-26-23-20-17-14-11-8-2/h10-11,13-14,19-20,22-23,28-31,33-34,36-37,40,42-43,45,56,59,65-66H,7-9,12,15-18,21,24-27,32,35,38-39,41,44,46-55,57-58,60-64H2,1-6H3,(H-,69,71,73,74)/p+1/b13-10-,14-11+,22-19-,23-20+,30-28-,31-29+,34-33-,37-36-,43-40-,45-42+,59-56-. The number of esters is 1. The van der Waals surface area contributed by atoms with Crippen molar-refractivity contribution in [1.82, 2.24) is 5.32 Å². The number of ether oxygens (including phenoxy) is 1. The van der Waals surface area contributed by atoms with E-state index in [0.717, 1.165) is 128 Å². The van der Waals surface area contributed by atoms with Gasteiger partial charge >= 0.3 is 13.8 Å². The minimum absolute atomic E-state index is 0.0217. The number of unbranched alkanes of at least 4 members (excludes halogenated alkanes) is 18. The lowest BCUT2D eigenvalue weighted by Gasteiger charge is -2.27. The van der Waals surface area contributed by atoms with E-state index in [9.17, 15) is 19.0 Å². The van der Waals surface area contributed by atoms with E-state index in [4.69, 9.17) is 13.8 Å². The second kappa shape index (κ2) is 56.4. The molecule has 0 aliphatic rings. The van der Waals surface area contributed by atoms with E-state index < -0.39 is 20.0 Å². The van der Waals surface area contributed by atoms with Crippen molar-refractivity contribution < 1.29 is 37.3 Å². The predicted molar refractivity (Wildman–Crippen MR) is 336 cm³/mol. The van der Waals surface area contributed by atoms with Gasteiger partial charge in [-0.3, -0.25) is 18.6 Å². The van der Waals surface area contributed by atoms with E-state index in [1.54, 1.807) is 0 Å². The highest BCUT2D eigenvalue weighted by atomic mass is 31.2. The molecule has 0 bridgehead atoms. The van der Waals surface area contributed by atoms with E-state index in [0.29, 0.717) is 23.9 Å². The van der Waals surface area contributed by atoms with Gasteiger partial charge in [-0.1, -0.05) is 232 Å². The summed E-state index contributed by atoms with van der Waals surface area (Å²) in [4.78, 5) is 37.7. The number of phosphoric acid groups is 1. The van der Waals surface area contributed by atoms with Crippen LogP contribution in [0.15, 0.2) is 134 Å². The van der Waals surface area contributed by atoms with Gasteiger partial charge in [-0.2, -0.15) is 0 Å². The van der Waals surface area contributed by atoms with E-state index in [-0.39, 0.29) is 37.9 Å². The van der Waals surface area contributed by atoms with Gasteiger partial charge in [-0.25, -0.2) is 4.57 Å². The molecular weight excluding hydrogens is 988 g/mol. The number of carbonyl (C=O) groups is 2. The highest BCUT2D eigenvalue weighted by molar-refractivity contribution is 7.47. The molecule has 1 amide bonds. The van der Waals surface area contributed by atoms with Crippen LogP contribution in [0.4, 0.5) is 0 Å². The molecule has 0 aliphatic heterocycles. The largest absolute Gasteiger partial charge is 0.472 e. The molecule has 3 atom stereocenters. The van der Waals surface area contributed by atoms with Gasteiger partial charge in [0.2, 0.25) is 5.91 Å². The Balaban J connectivity index is 5.38. The minimum atomic E-state index is -4.47. The summed E-state index contributed by atoms with van der Waals surface area (Å²) in [7, 11) is 1.44. The van der Waals surface area contributed by atoms with Crippen LogP contribution >= 0.6 is 7.82 Å². The molecule has 0 fully saturated rings. The van der Waals surface area contributed by atoms with Crippen LogP contribution < -0.4 is 5.32 Å². The van der Waals surface area contributed by atoms with Crippen molar-refractivity contribution in [2.24, 2.45) is 0 Å². The Bertz CT molecular complexity index is 1800. The summed E-state index contributed by atoms with van der Waals surface area (Å²) < 4.78 is 30.7. The molecule has 0 radical (unpaired) electrons. The van der Waals surface area contributed by atoms with Crippen LogP contribution in [0.3, 0.4) is 0 Å². The summed E-state index contributed by atoms with van der Waals surface area (Å²) >= 11 is 0. The molecule has 444 valence electrons. The number of phosphoric ester groups is 1. The van der Waals surface area contributed by atoms with E-state index in [1.807, 2.05) is 33.3 Å². The SMILES string of the molecule is CC/C=C\C/C=C\C/C=C\C/C=C\C/C=C\C/C=C\CCCCCCC(=O)OC(/C=C\CCCCCCCCCCCCC)C(COP(=O)(O)OCC[N+](C)(C)C)NC(=O)CCCCC/C=C/C/C=C/C/C=C/C/C=C/CC. The van der Waals surface area contributed by atoms with Gasteiger partial charge in [-0.05, 0) is 122 Å². The van der Waals surface area contributed by atoms with E-state index >= 15 is 0 Å². The first-order valence-electron chi connectivity index (χ1n) is 31.0. The van der Waals surface area contributed by atoms with Crippen LogP contribution in [0.5, 0.6) is 0 Å². The lowest BCUT2D eigenvalue weighted by atomic mass is 10.0. The molecule has 0 saturated carbocycles. The van der Waals surface area contributed by atoms with E-state index in [1.165, 1.54) is 57.8 Å². The molecule has 2 N–H and O–H groups in total. The fourth-order valence-electron chi connectivity index (χ4n) is 8.11. The third kappa shape index (κ3) is 56.9. The highest BCUT2D eigenvalue weighted by Gasteiger charge is 2.30. The normalized spacial score (nSPS) is 14.6. The van der Waals surface area contributed by atoms with Gasteiger partial charge in [0.1, 0.15) is 19.3 Å². The maximum absolute atomic E-state index is 13.5. The van der Waals surface area contributed by atoms with Crippen molar-refractivity contribution >= 4 is 19.7 Å². The van der Waals surface area contributed by atoms with Gasteiger partial charge < -0.3 is 19.4 Å². The summed E-state index contributed by atoms with van der Waals surface area (Å²) in [5, 5.41) is 3.03. The van der Waals surface area contributed by atoms with Gasteiger partial charge in [0.25, 0.3) is 0 Å². The van der Waals surface area contributed by atoms with Gasteiger partial charge in [0.15, 0.2) is 0 Å². The van der Waals surface area contributed by atoms with Crippen molar-refractivity contribution in [2.75, 3.05) is 40.9 Å². The lowest BCUT2D eigenvalue weighted by molar-refractivity contribution is -0.870. The Labute approximate surface area is 479 Å². The monoisotopic (exact) mass is 1100 g/mol. The van der Waals surface area contributed by atoms with Crippen molar-refractivity contribution in [2.45, 2.75) is 245 Å². The van der Waals surface area contributed by atoms with Crippen molar-refractivity contribution in [1.29, 1.82) is 0 Å². The number of amides is 1. The second-order valence-corrected chi connectivity index (χ2v) is 22.9. The third-order valence-corrected chi connectivity index (χ3v) is 13.8. The summed E-state index contributed by atoms with van der Waals surface area (Å²) in [6.45, 7) is 6.72. The van der Waals surface area contributed by atoms with Crippen LogP contribution in [0.2, 0.25) is 0 Å². The zero-order chi connectivity index (χ0) is 57.2. The van der Waals surface area contributed by atoms with Crippen LogP contribution in [0, 0.1) is 0 Å². The number of hydrogen-bond acceptors (Lipinski definition) is 6. The second-order valence-electron chi connectivity index (χ2n) is 21.5. The molecular formula is C68H116N2O7P+.